The molecule has 1 aliphatic rings. The van der Waals surface area contributed by atoms with Gasteiger partial charge in [-0.2, -0.15) is 0 Å². The summed E-state index contributed by atoms with van der Waals surface area (Å²) in [5.41, 5.74) is 1.54. The molecule has 0 spiro atoms. The zero-order valence-corrected chi connectivity index (χ0v) is 7.22. The molecule has 0 amide bonds. The summed E-state index contributed by atoms with van der Waals surface area (Å²) in [6.07, 6.45) is 7.85. The van der Waals surface area contributed by atoms with E-state index in [0.717, 1.165) is 24.8 Å². The smallest absolute Gasteiger partial charge is 0.334 e. The van der Waals surface area contributed by atoms with Gasteiger partial charge in [0.25, 0.3) is 0 Å². The molecule has 0 atom stereocenters. The fraction of sp³-hybridized carbons (Fsp3) is 0.500. The van der Waals surface area contributed by atoms with E-state index in [1.807, 2.05) is 0 Å². The highest BCUT2D eigenvalue weighted by atomic mass is 16.5. The van der Waals surface area contributed by atoms with Crippen molar-refractivity contribution < 1.29 is 9.53 Å². The number of terminal acetylenes is 1. The molecule has 0 aromatic rings. The normalized spacial score (nSPS) is 16.0. The van der Waals surface area contributed by atoms with Crippen LogP contribution in [0.3, 0.4) is 0 Å². The van der Waals surface area contributed by atoms with E-state index in [4.69, 9.17) is 11.2 Å². The van der Waals surface area contributed by atoms with Crippen LogP contribution in [-0.4, -0.2) is 12.6 Å². The highest BCUT2D eigenvalue weighted by Gasteiger charge is 2.20. The Labute approximate surface area is 72.6 Å². The molecule has 1 rings (SSSR count). The first-order valence-electron chi connectivity index (χ1n) is 4.15. The second-order valence-corrected chi connectivity index (χ2v) is 2.68. The van der Waals surface area contributed by atoms with Gasteiger partial charge < -0.3 is 4.74 Å². The number of ether oxygens (including phenoxy) is 1. The molecule has 2 heteroatoms. The van der Waals surface area contributed by atoms with Crippen molar-refractivity contribution in [3.8, 4) is 12.3 Å². The SMILES string of the molecule is C#CC1=C(C(=O)OCC)CCC1. The van der Waals surface area contributed by atoms with Crippen LogP contribution >= 0.6 is 0 Å². The van der Waals surface area contributed by atoms with Gasteiger partial charge in [0.2, 0.25) is 0 Å². The van der Waals surface area contributed by atoms with Gasteiger partial charge in [-0.25, -0.2) is 4.79 Å². The summed E-state index contributed by atoms with van der Waals surface area (Å²) in [4.78, 5) is 11.2. The minimum Gasteiger partial charge on any atom is -0.463 e. The van der Waals surface area contributed by atoms with E-state index in [9.17, 15) is 4.79 Å². The van der Waals surface area contributed by atoms with Crippen LogP contribution in [-0.2, 0) is 9.53 Å². The van der Waals surface area contributed by atoms with Crippen LogP contribution in [0.1, 0.15) is 26.2 Å². The molecule has 0 unspecified atom stereocenters. The molecule has 64 valence electrons. The third-order valence-corrected chi connectivity index (χ3v) is 1.91. The molecule has 1 aliphatic carbocycles. The lowest BCUT2D eigenvalue weighted by Crippen LogP contribution is -2.06. The van der Waals surface area contributed by atoms with Gasteiger partial charge in [0.05, 0.1) is 6.61 Å². The van der Waals surface area contributed by atoms with Crippen molar-refractivity contribution in [1.29, 1.82) is 0 Å². The highest BCUT2D eigenvalue weighted by Crippen LogP contribution is 2.25. The van der Waals surface area contributed by atoms with E-state index in [0.29, 0.717) is 12.2 Å². The number of allylic oxidation sites excluding steroid dienone is 1. The van der Waals surface area contributed by atoms with Crippen LogP contribution in [0, 0.1) is 12.3 Å². The maximum atomic E-state index is 11.2. The topological polar surface area (TPSA) is 26.3 Å². The zero-order chi connectivity index (χ0) is 8.97. The molecular weight excluding hydrogens is 152 g/mol. The predicted molar refractivity (Wildman–Crippen MR) is 46.3 cm³/mol. The molecule has 0 N–H and O–H groups in total. The molecule has 0 aromatic heterocycles. The van der Waals surface area contributed by atoms with Crippen molar-refractivity contribution in [2.24, 2.45) is 0 Å². The Hall–Kier alpha value is -1.23. The Morgan fingerprint density at radius 3 is 3.00 bits per heavy atom. The van der Waals surface area contributed by atoms with Crippen molar-refractivity contribution in [1.82, 2.24) is 0 Å². The second kappa shape index (κ2) is 3.96. The van der Waals surface area contributed by atoms with Gasteiger partial charge in [0.1, 0.15) is 0 Å². The Bertz CT molecular complexity index is 256. The monoisotopic (exact) mass is 164 g/mol. The zero-order valence-electron chi connectivity index (χ0n) is 7.22. The van der Waals surface area contributed by atoms with E-state index in [1.54, 1.807) is 6.92 Å². The molecule has 2 nitrogen and oxygen atoms in total. The molecular formula is C10H12O2. The lowest BCUT2D eigenvalue weighted by molar-refractivity contribution is -0.138. The van der Waals surface area contributed by atoms with Crippen molar-refractivity contribution in [2.75, 3.05) is 6.61 Å². The first-order chi connectivity index (χ1) is 5.79. The summed E-state index contributed by atoms with van der Waals surface area (Å²) in [6.45, 7) is 2.21. The van der Waals surface area contributed by atoms with Crippen molar-refractivity contribution >= 4 is 5.97 Å². The summed E-state index contributed by atoms with van der Waals surface area (Å²) in [5.74, 6) is 2.30. The van der Waals surface area contributed by atoms with Gasteiger partial charge >= 0.3 is 5.97 Å². The molecule has 0 aromatic carbocycles. The number of esters is 1. The Morgan fingerprint density at radius 2 is 2.42 bits per heavy atom. The van der Waals surface area contributed by atoms with Crippen LogP contribution in [0.4, 0.5) is 0 Å². The first-order valence-corrected chi connectivity index (χ1v) is 4.15. The van der Waals surface area contributed by atoms with Crippen LogP contribution in [0.5, 0.6) is 0 Å². The summed E-state index contributed by atoms with van der Waals surface area (Å²) in [5, 5.41) is 0. The summed E-state index contributed by atoms with van der Waals surface area (Å²) < 4.78 is 4.87. The third kappa shape index (κ3) is 1.68. The molecule has 0 heterocycles. The summed E-state index contributed by atoms with van der Waals surface area (Å²) in [7, 11) is 0. The minimum atomic E-state index is -0.233. The fourth-order valence-electron chi connectivity index (χ4n) is 1.35. The third-order valence-electron chi connectivity index (χ3n) is 1.91. The maximum absolute atomic E-state index is 11.2. The van der Waals surface area contributed by atoms with Gasteiger partial charge in [-0.15, -0.1) is 6.42 Å². The van der Waals surface area contributed by atoms with Gasteiger partial charge in [-0.05, 0) is 26.2 Å². The maximum Gasteiger partial charge on any atom is 0.334 e. The van der Waals surface area contributed by atoms with Gasteiger partial charge in [-0.3, -0.25) is 0 Å². The van der Waals surface area contributed by atoms with Crippen LogP contribution in [0.2, 0.25) is 0 Å². The number of carbonyl (C=O) groups excluding carboxylic acids is 1. The molecule has 0 radical (unpaired) electrons. The van der Waals surface area contributed by atoms with Gasteiger partial charge in [-0.1, -0.05) is 5.92 Å². The van der Waals surface area contributed by atoms with Crippen molar-refractivity contribution in [3.63, 3.8) is 0 Å². The van der Waals surface area contributed by atoms with E-state index in [-0.39, 0.29) is 5.97 Å². The molecule has 0 saturated heterocycles. The van der Waals surface area contributed by atoms with Crippen molar-refractivity contribution in [3.05, 3.63) is 11.1 Å². The summed E-state index contributed by atoms with van der Waals surface area (Å²) in [6, 6.07) is 0. The fourth-order valence-corrected chi connectivity index (χ4v) is 1.35. The number of rotatable bonds is 2. The predicted octanol–water partition coefficient (Wildman–Crippen LogP) is 1.66. The number of hydrogen-bond donors (Lipinski definition) is 0. The molecule has 0 fully saturated rings. The lowest BCUT2D eigenvalue weighted by atomic mass is 10.2. The van der Waals surface area contributed by atoms with E-state index in [1.165, 1.54) is 0 Å². The first kappa shape index (κ1) is 8.86. The Kier molecular flexibility index (Phi) is 2.93. The Balaban J connectivity index is 2.73. The van der Waals surface area contributed by atoms with Crippen LogP contribution < -0.4 is 0 Å². The average Bonchev–Trinajstić information content (AvgIpc) is 2.51. The second-order valence-electron chi connectivity index (χ2n) is 2.68. The van der Waals surface area contributed by atoms with Gasteiger partial charge in [0.15, 0.2) is 0 Å². The highest BCUT2D eigenvalue weighted by molar-refractivity contribution is 5.90. The van der Waals surface area contributed by atoms with E-state index in [2.05, 4.69) is 5.92 Å². The van der Waals surface area contributed by atoms with E-state index < -0.39 is 0 Å². The summed E-state index contributed by atoms with van der Waals surface area (Å²) >= 11 is 0. The molecule has 0 bridgehead atoms. The Morgan fingerprint density at radius 1 is 1.67 bits per heavy atom. The molecule has 0 aliphatic heterocycles. The van der Waals surface area contributed by atoms with Crippen LogP contribution in [0.25, 0.3) is 0 Å². The van der Waals surface area contributed by atoms with E-state index >= 15 is 0 Å². The molecule has 12 heavy (non-hydrogen) atoms. The lowest BCUT2D eigenvalue weighted by Gasteiger charge is -2.01. The van der Waals surface area contributed by atoms with Crippen LogP contribution in [0.15, 0.2) is 11.1 Å². The average molecular weight is 164 g/mol. The minimum absolute atomic E-state index is 0.233. The van der Waals surface area contributed by atoms with Gasteiger partial charge in [0, 0.05) is 11.1 Å². The number of carbonyl (C=O) groups is 1. The quantitative estimate of drug-likeness (QED) is 0.458. The molecule has 0 saturated carbocycles. The standard InChI is InChI=1S/C10H12O2/c1-3-8-6-5-7-9(8)10(11)12-4-2/h1H,4-7H2,2H3. The largest absolute Gasteiger partial charge is 0.463 e. The number of hydrogen-bond acceptors (Lipinski definition) is 2. The van der Waals surface area contributed by atoms with Crippen molar-refractivity contribution in [2.45, 2.75) is 26.2 Å².